The molecule has 0 saturated heterocycles. The Balaban J connectivity index is 1.62. The van der Waals surface area contributed by atoms with Gasteiger partial charge in [-0.25, -0.2) is 0 Å². The number of hydrogen-bond acceptors (Lipinski definition) is 5. The average molecular weight is 343 g/mol. The van der Waals surface area contributed by atoms with E-state index >= 15 is 0 Å². The van der Waals surface area contributed by atoms with Gasteiger partial charge in [0.25, 0.3) is 5.91 Å². The third-order valence-electron chi connectivity index (χ3n) is 4.09. The van der Waals surface area contributed by atoms with E-state index < -0.39 is 6.10 Å². The van der Waals surface area contributed by atoms with Gasteiger partial charge in [-0.05, 0) is 38.5 Å². The SMILES string of the molecule is COc1cccc2cc(C(=O)NCCC(O)c3cc(C)oc3C)oc12. The lowest BCUT2D eigenvalue weighted by Gasteiger charge is -2.09. The van der Waals surface area contributed by atoms with E-state index in [1.807, 2.05) is 32.0 Å². The molecule has 1 atom stereocenters. The number of benzene rings is 1. The van der Waals surface area contributed by atoms with E-state index in [-0.39, 0.29) is 11.7 Å². The van der Waals surface area contributed by atoms with Crippen LogP contribution in [0.2, 0.25) is 0 Å². The monoisotopic (exact) mass is 343 g/mol. The van der Waals surface area contributed by atoms with E-state index in [0.717, 1.165) is 16.7 Å². The average Bonchev–Trinajstić information content (AvgIpc) is 3.17. The number of aliphatic hydroxyl groups excluding tert-OH is 1. The van der Waals surface area contributed by atoms with Gasteiger partial charge < -0.3 is 24.0 Å². The number of furan rings is 2. The number of aliphatic hydroxyl groups is 1. The van der Waals surface area contributed by atoms with Crippen LogP contribution in [0.15, 0.2) is 39.2 Å². The summed E-state index contributed by atoms with van der Waals surface area (Å²) in [7, 11) is 1.55. The molecule has 0 aliphatic heterocycles. The van der Waals surface area contributed by atoms with Gasteiger partial charge in [-0.2, -0.15) is 0 Å². The van der Waals surface area contributed by atoms with E-state index in [4.69, 9.17) is 13.6 Å². The molecule has 0 aliphatic rings. The zero-order chi connectivity index (χ0) is 18.0. The fraction of sp³-hybridized carbons (Fsp3) is 0.316. The summed E-state index contributed by atoms with van der Waals surface area (Å²) < 4.78 is 16.2. The molecule has 1 aromatic carbocycles. The number of rotatable bonds is 6. The number of para-hydroxylation sites is 1. The summed E-state index contributed by atoms with van der Waals surface area (Å²) >= 11 is 0. The highest BCUT2D eigenvalue weighted by molar-refractivity contribution is 5.97. The lowest BCUT2D eigenvalue weighted by Crippen LogP contribution is -2.25. The van der Waals surface area contributed by atoms with Crippen LogP contribution < -0.4 is 10.1 Å². The Bertz CT molecular complexity index is 892. The normalized spacial score (nSPS) is 12.3. The van der Waals surface area contributed by atoms with Gasteiger partial charge in [-0.1, -0.05) is 12.1 Å². The predicted molar refractivity (Wildman–Crippen MR) is 92.9 cm³/mol. The fourth-order valence-corrected chi connectivity index (χ4v) is 2.86. The van der Waals surface area contributed by atoms with Crippen molar-refractivity contribution in [3.05, 3.63) is 53.2 Å². The Morgan fingerprint density at radius 3 is 2.76 bits per heavy atom. The van der Waals surface area contributed by atoms with E-state index in [9.17, 15) is 9.90 Å². The van der Waals surface area contributed by atoms with Crippen LogP contribution in [0.1, 0.15) is 40.2 Å². The van der Waals surface area contributed by atoms with Gasteiger partial charge in [0.2, 0.25) is 0 Å². The summed E-state index contributed by atoms with van der Waals surface area (Å²) in [6.45, 7) is 3.96. The molecule has 1 amide bonds. The van der Waals surface area contributed by atoms with Crippen molar-refractivity contribution in [2.24, 2.45) is 0 Å². The largest absolute Gasteiger partial charge is 0.493 e. The van der Waals surface area contributed by atoms with Gasteiger partial charge in [0.15, 0.2) is 17.1 Å². The molecule has 2 heterocycles. The predicted octanol–water partition coefficient (Wildman–Crippen LogP) is 3.50. The quantitative estimate of drug-likeness (QED) is 0.715. The van der Waals surface area contributed by atoms with Crippen LogP contribution in [-0.2, 0) is 0 Å². The van der Waals surface area contributed by atoms with Crippen LogP contribution >= 0.6 is 0 Å². The maximum atomic E-state index is 12.3. The minimum Gasteiger partial charge on any atom is -0.493 e. The molecule has 0 saturated carbocycles. The maximum Gasteiger partial charge on any atom is 0.287 e. The molecule has 2 aromatic heterocycles. The maximum absolute atomic E-state index is 12.3. The molecule has 0 radical (unpaired) electrons. The first-order valence-corrected chi connectivity index (χ1v) is 8.09. The molecule has 2 N–H and O–H groups in total. The highest BCUT2D eigenvalue weighted by Crippen LogP contribution is 2.28. The minimum atomic E-state index is -0.687. The van der Waals surface area contributed by atoms with Gasteiger partial charge in [-0.15, -0.1) is 0 Å². The molecule has 0 bridgehead atoms. The summed E-state index contributed by atoms with van der Waals surface area (Å²) in [5.41, 5.74) is 1.29. The van der Waals surface area contributed by atoms with E-state index in [1.165, 1.54) is 0 Å². The van der Waals surface area contributed by atoms with E-state index in [0.29, 0.717) is 30.1 Å². The van der Waals surface area contributed by atoms with Crippen LogP contribution in [0.25, 0.3) is 11.0 Å². The number of nitrogens with one attached hydrogen (secondary N) is 1. The zero-order valence-corrected chi connectivity index (χ0v) is 14.5. The van der Waals surface area contributed by atoms with Crippen LogP contribution in [0.3, 0.4) is 0 Å². The van der Waals surface area contributed by atoms with Gasteiger partial charge in [0.05, 0.1) is 13.2 Å². The first-order valence-electron chi connectivity index (χ1n) is 8.09. The molecule has 132 valence electrons. The second-order valence-corrected chi connectivity index (χ2v) is 5.92. The molecule has 0 fully saturated rings. The molecule has 0 spiro atoms. The second-order valence-electron chi connectivity index (χ2n) is 5.92. The lowest BCUT2D eigenvalue weighted by atomic mass is 10.1. The minimum absolute atomic E-state index is 0.212. The number of methoxy groups -OCH3 is 1. The van der Waals surface area contributed by atoms with Crippen molar-refractivity contribution in [3.63, 3.8) is 0 Å². The van der Waals surface area contributed by atoms with Gasteiger partial charge >= 0.3 is 0 Å². The summed E-state index contributed by atoms with van der Waals surface area (Å²) in [6.07, 6.45) is -0.303. The van der Waals surface area contributed by atoms with Gasteiger partial charge in [0.1, 0.15) is 11.5 Å². The molecule has 6 nitrogen and oxygen atoms in total. The van der Waals surface area contributed by atoms with Crippen molar-refractivity contribution in [3.8, 4) is 5.75 Å². The zero-order valence-electron chi connectivity index (χ0n) is 14.5. The number of carbonyl (C=O) groups is 1. The highest BCUT2D eigenvalue weighted by Gasteiger charge is 2.17. The number of aryl methyl sites for hydroxylation is 2. The van der Waals surface area contributed by atoms with E-state index in [1.54, 1.807) is 19.2 Å². The van der Waals surface area contributed by atoms with Crippen molar-refractivity contribution in [2.45, 2.75) is 26.4 Å². The topological polar surface area (TPSA) is 84.8 Å². The van der Waals surface area contributed by atoms with Crippen molar-refractivity contribution in [1.82, 2.24) is 5.32 Å². The van der Waals surface area contributed by atoms with Crippen molar-refractivity contribution >= 4 is 16.9 Å². The number of fused-ring (bicyclic) bond motifs is 1. The molecular formula is C19H21NO5. The third-order valence-corrected chi connectivity index (χ3v) is 4.09. The Morgan fingerprint density at radius 2 is 2.08 bits per heavy atom. The fourth-order valence-electron chi connectivity index (χ4n) is 2.86. The third kappa shape index (κ3) is 3.53. The Morgan fingerprint density at radius 1 is 1.28 bits per heavy atom. The smallest absolute Gasteiger partial charge is 0.287 e. The Hall–Kier alpha value is -2.73. The first-order chi connectivity index (χ1) is 12.0. The van der Waals surface area contributed by atoms with Crippen molar-refractivity contribution in [1.29, 1.82) is 0 Å². The lowest BCUT2D eigenvalue weighted by molar-refractivity contribution is 0.0917. The standard InChI is InChI=1S/C19H21NO5/c1-11-9-14(12(2)24-11)15(21)7-8-20-19(22)17-10-13-5-4-6-16(23-3)18(13)25-17/h4-6,9-10,15,21H,7-8H2,1-3H3,(H,20,22). The molecule has 3 rings (SSSR count). The molecule has 6 heteroatoms. The summed E-state index contributed by atoms with van der Waals surface area (Å²) in [5.74, 6) is 1.92. The van der Waals surface area contributed by atoms with Crippen molar-refractivity contribution < 1.29 is 23.5 Å². The van der Waals surface area contributed by atoms with E-state index in [2.05, 4.69) is 5.32 Å². The Labute approximate surface area is 145 Å². The Kier molecular flexibility index (Phi) is 4.81. The number of hydrogen-bond donors (Lipinski definition) is 2. The van der Waals surface area contributed by atoms with Crippen LogP contribution in [0.5, 0.6) is 5.75 Å². The summed E-state index contributed by atoms with van der Waals surface area (Å²) in [6, 6.07) is 8.95. The molecule has 0 aliphatic carbocycles. The first kappa shape index (κ1) is 17.1. The number of amides is 1. The summed E-state index contributed by atoms with van der Waals surface area (Å²) in [4.78, 5) is 12.3. The molecule has 25 heavy (non-hydrogen) atoms. The number of ether oxygens (including phenoxy) is 1. The number of carbonyl (C=O) groups excluding carboxylic acids is 1. The van der Waals surface area contributed by atoms with Crippen LogP contribution in [-0.4, -0.2) is 24.7 Å². The molecule has 1 unspecified atom stereocenters. The molecule has 3 aromatic rings. The molecular weight excluding hydrogens is 322 g/mol. The van der Waals surface area contributed by atoms with Crippen LogP contribution in [0.4, 0.5) is 0 Å². The summed E-state index contributed by atoms with van der Waals surface area (Å²) in [5, 5.41) is 13.8. The second kappa shape index (κ2) is 7.03. The van der Waals surface area contributed by atoms with Crippen LogP contribution in [0, 0.1) is 13.8 Å². The highest BCUT2D eigenvalue weighted by atomic mass is 16.5. The van der Waals surface area contributed by atoms with Gasteiger partial charge in [-0.3, -0.25) is 4.79 Å². The van der Waals surface area contributed by atoms with Gasteiger partial charge in [0, 0.05) is 17.5 Å². The van der Waals surface area contributed by atoms with Crippen molar-refractivity contribution in [2.75, 3.05) is 13.7 Å².